The molecule has 2 aliphatic heterocycles. The van der Waals surface area contributed by atoms with Gasteiger partial charge in [-0.1, -0.05) is 0 Å². The predicted octanol–water partition coefficient (Wildman–Crippen LogP) is 0.463. The third kappa shape index (κ3) is 0.956. The van der Waals surface area contributed by atoms with Crippen molar-refractivity contribution in [2.24, 2.45) is 5.92 Å². The van der Waals surface area contributed by atoms with E-state index in [2.05, 4.69) is 4.90 Å². The lowest BCUT2D eigenvalue weighted by molar-refractivity contribution is 0.223. The number of aliphatic hydroxyl groups is 1. The summed E-state index contributed by atoms with van der Waals surface area (Å²) in [5, 5.41) is 8.89. The van der Waals surface area contributed by atoms with Crippen molar-refractivity contribution < 1.29 is 5.11 Å². The van der Waals surface area contributed by atoms with E-state index in [1.165, 1.54) is 25.8 Å². The third-order valence-electron chi connectivity index (χ3n) is 2.86. The first kappa shape index (κ1) is 6.62. The van der Waals surface area contributed by atoms with Gasteiger partial charge in [-0.25, -0.2) is 0 Å². The summed E-state index contributed by atoms with van der Waals surface area (Å²) < 4.78 is 0. The summed E-state index contributed by atoms with van der Waals surface area (Å²) in [4.78, 5) is 2.53. The van der Waals surface area contributed by atoms with Crippen molar-refractivity contribution in [1.82, 2.24) is 4.90 Å². The molecule has 10 heavy (non-hydrogen) atoms. The molecule has 2 rings (SSSR count). The molecule has 2 aliphatic rings. The molecule has 0 spiro atoms. The molecular weight excluding hydrogens is 126 g/mol. The highest BCUT2D eigenvalue weighted by Crippen LogP contribution is 2.30. The van der Waals surface area contributed by atoms with Crippen molar-refractivity contribution >= 4 is 0 Å². The first-order valence-corrected chi connectivity index (χ1v) is 4.25. The molecule has 2 unspecified atom stereocenters. The summed E-state index contributed by atoms with van der Waals surface area (Å²) in [6, 6.07) is 0.831. The van der Waals surface area contributed by atoms with Crippen LogP contribution >= 0.6 is 0 Å². The fraction of sp³-hybridized carbons (Fsp3) is 1.00. The van der Waals surface area contributed by atoms with Crippen LogP contribution in [-0.2, 0) is 0 Å². The minimum atomic E-state index is 0.396. The Hall–Kier alpha value is -0.0800. The van der Waals surface area contributed by atoms with Crippen molar-refractivity contribution in [3.8, 4) is 0 Å². The molecule has 2 heterocycles. The van der Waals surface area contributed by atoms with Gasteiger partial charge in [-0.3, -0.25) is 0 Å². The zero-order valence-corrected chi connectivity index (χ0v) is 6.29. The molecule has 2 heteroatoms. The molecule has 2 fully saturated rings. The zero-order chi connectivity index (χ0) is 6.97. The average molecular weight is 141 g/mol. The van der Waals surface area contributed by atoms with Crippen LogP contribution in [0.25, 0.3) is 0 Å². The van der Waals surface area contributed by atoms with E-state index in [9.17, 15) is 0 Å². The fourth-order valence-electron chi connectivity index (χ4n) is 2.33. The summed E-state index contributed by atoms with van der Waals surface area (Å²) in [5.74, 6) is 0.588. The number of fused-ring (bicyclic) bond motifs is 1. The van der Waals surface area contributed by atoms with Crippen LogP contribution in [0.5, 0.6) is 0 Å². The smallest absolute Gasteiger partial charge is 0.0472 e. The normalized spacial score (nSPS) is 40.5. The van der Waals surface area contributed by atoms with Crippen LogP contribution in [-0.4, -0.2) is 35.7 Å². The van der Waals surface area contributed by atoms with Gasteiger partial charge in [0.15, 0.2) is 0 Å². The average Bonchev–Trinajstić information content (AvgIpc) is 2.42. The van der Waals surface area contributed by atoms with Gasteiger partial charge in [0.1, 0.15) is 0 Å². The predicted molar refractivity (Wildman–Crippen MR) is 39.8 cm³/mol. The van der Waals surface area contributed by atoms with Gasteiger partial charge in [-0.05, 0) is 31.7 Å². The second kappa shape index (κ2) is 2.51. The summed E-state index contributed by atoms with van der Waals surface area (Å²) in [6.45, 7) is 2.83. The van der Waals surface area contributed by atoms with Crippen molar-refractivity contribution in [2.45, 2.75) is 25.3 Å². The Morgan fingerprint density at radius 2 is 2.40 bits per heavy atom. The Bertz CT molecular complexity index is 114. The van der Waals surface area contributed by atoms with Gasteiger partial charge in [0.05, 0.1) is 0 Å². The molecule has 0 bridgehead atoms. The topological polar surface area (TPSA) is 23.5 Å². The highest BCUT2D eigenvalue weighted by atomic mass is 16.3. The maximum Gasteiger partial charge on any atom is 0.0472 e. The van der Waals surface area contributed by atoms with Gasteiger partial charge >= 0.3 is 0 Å². The SMILES string of the molecule is OCC1CC2CCCN2C1. The maximum atomic E-state index is 8.89. The highest BCUT2D eigenvalue weighted by Gasteiger charge is 2.34. The maximum absolute atomic E-state index is 8.89. The van der Waals surface area contributed by atoms with Crippen LogP contribution in [0, 0.1) is 5.92 Å². The van der Waals surface area contributed by atoms with Crippen LogP contribution in [0.2, 0.25) is 0 Å². The van der Waals surface area contributed by atoms with E-state index in [1.54, 1.807) is 0 Å². The summed E-state index contributed by atoms with van der Waals surface area (Å²) in [5.41, 5.74) is 0. The van der Waals surface area contributed by atoms with E-state index in [0.717, 1.165) is 12.6 Å². The number of hydrogen-bond donors (Lipinski definition) is 1. The number of rotatable bonds is 1. The quantitative estimate of drug-likeness (QED) is 0.573. The molecule has 0 aliphatic carbocycles. The number of aliphatic hydroxyl groups excluding tert-OH is 1. The molecule has 0 aromatic heterocycles. The lowest BCUT2D eigenvalue weighted by Gasteiger charge is -2.12. The van der Waals surface area contributed by atoms with Crippen molar-refractivity contribution in [3.05, 3.63) is 0 Å². The Kier molecular flexibility index (Phi) is 1.66. The van der Waals surface area contributed by atoms with Gasteiger partial charge in [0.25, 0.3) is 0 Å². The third-order valence-corrected chi connectivity index (χ3v) is 2.86. The van der Waals surface area contributed by atoms with E-state index in [4.69, 9.17) is 5.11 Å². The minimum Gasteiger partial charge on any atom is -0.396 e. The van der Waals surface area contributed by atoms with E-state index in [0.29, 0.717) is 12.5 Å². The molecule has 2 nitrogen and oxygen atoms in total. The van der Waals surface area contributed by atoms with E-state index < -0.39 is 0 Å². The van der Waals surface area contributed by atoms with Crippen LogP contribution in [0.1, 0.15) is 19.3 Å². The van der Waals surface area contributed by atoms with Gasteiger partial charge < -0.3 is 10.0 Å². The number of nitrogens with zero attached hydrogens (tertiary/aromatic N) is 1. The molecule has 2 atom stereocenters. The van der Waals surface area contributed by atoms with Gasteiger partial charge in [-0.2, -0.15) is 0 Å². The largest absolute Gasteiger partial charge is 0.396 e. The van der Waals surface area contributed by atoms with Crippen LogP contribution in [0.4, 0.5) is 0 Å². The Morgan fingerprint density at radius 1 is 1.50 bits per heavy atom. The van der Waals surface area contributed by atoms with Crippen LogP contribution in [0.3, 0.4) is 0 Å². The van der Waals surface area contributed by atoms with E-state index in [1.807, 2.05) is 0 Å². The first-order chi connectivity index (χ1) is 4.90. The number of hydrogen-bond acceptors (Lipinski definition) is 2. The molecule has 0 radical (unpaired) electrons. The molecule has 0 aromatic rings. The van der Waals surface area contributed by atoms with Crippen molar-refractivity contribution in [3.63, 3.8) is 0 Å². The highest BCUT2D eigenvalue weighted by molar-refractivity contribution is 4.88. The molecule has 0 aromatic carbocycles. The fourth-order valence-corrected chi connectivity index (χ4v) is 2.33. The summed E-state index contributed by atoms with van der Waals surface area (Å²) in [6.07, 6.45) is 4.00. The lowest BCUT2D eigenvalue weighted by Crippen LogP contribution is -2.22. The standard InChI is InChI=1S/C8H15NO/c10-6-7-4-8-2-1-3-9(8)5-7/h7-8,10H,1-6H2. The van der Waals surface area contributed by atoms with E-state index in [-0.39, 0.29) is 0 Å². The minimum absolute atomic E-state index is 0.396. The van der Waals surface area contributed by atoms with Crippen molar-refractivity contribution in [2.75, 3.05) is 19.7 Å². The Labute approximate surface area is 61.8 Å². The molecular formula is C8H15NO. The van der Waals surface area contributed by atoms with E-state index >= 15 is 0 Å². The van der Waals surface area contributed by atoms with Gasteiger partial charge in [-0.15, -0.1) is 0 Å². The first-order valence-electron chi connectivity index (χ1n) is 4.25. The van der Waals surface area contributed by atoms with Crippen LogP contribution < -0.4 is 0 Å². The molecule has 58 valence electrons. The Morgan fingerprint density at radius 3 is 3.10 bits per heavy atom. The Balaban J connectivity index is 1.94. The second-order valence-electron chi connectivity index (χ2n) is 3.58. The molecule has 2 saturated heterocycles. The molecule has 0 saturated carbocycles. The lowest BCUT2D eigenvalue weighted by atomic mass is 10.0. The monoisotopic (exact) mass is 141 g/mol. The molecule has 1 N–H and O–H groups in total. The molecule has 0 amide bonds. The second-order valence-corrected chi connectivity index (χ2v) is 3.58. The van der Waals surface area contributed by atoms with Gasteiger partial charge in [0, 0.05) is 19.2 Å². The zero-order valence-electron chi connectivity index (χ0n) is 6.29. The van der Waals surface area contributed by atoms with Crippen molar-refractivity contribution in [1.29, 1.82) is 0 Å². The summed E-state index contributed by atoms with van der Waals surface area (Å²) >= 11 is 0. The summed E-state index contributed by atoms with van der Waals surface area (Å²) in [7, 11) is 0. The van der Waals surface area contributed by atoms with Crippen LogP contribution in [0.15, 0.2) is 0 Å². The van der Waals surface area contributed by atoms with Gasteiger partial charge in [0.2, 0.25) is 0 Å².